The van der Waals surface area contributed by atoms with Crippen LogP contribution >= 0.6 is 15.9 Å². The molecular formula is C13H17BrN4O. The van der Waals surface area contributed by atoms with Crippen LogP contribution in [0.2, 0.25) is 0 Å². The van der Waals surface area contributed by atoms with E-state index in [1.807, 2.05) is 12.1 Å². The van der Waals surface area contributed by atoms with E-state index in [1.165, 1.54) is 0 Å². The van der Waals surface area contributed by atoms with Crippen LogP contribution < -0.4 is 10.1 Å². The Bertz CT molecular complexity index is 515. The van der Waals surface area contributed by atoms with Gasteiger partial charge in [-0.2, -0.15) is 15.4 Å². The van der Waals surface area contributed by atoms with E-state index < -0.39 is 0 Å². The van der Waals surface area contributed by atoms with Crippen molar-refractivity contribution in [3.8, 4) is 5.75 Å². The van der Waals surface area contributed by atoms with Gasteiger partial charge in [0, 0.05) is 4.47 Å². The first-order valence-corrected chi connectivity index (χ1v) is 6.95. The Morgan fingerprint density at radius 2 is 2.32 bits per heavy atom. The molecule has 0 bridgehead atoms. The topological polar surface area (TPSA) is 62.8 Å². The maximum Gasteiger partial charge on any atom is 0.122 e. The fourth-order valence-electron chi connectivity index (χ4n) is 2.03. The van der Waals surface area contributed by atoms with E-state index in [2.05, 4.69) is 49.6 Å². The Kier molecular flexibility index (Phi) is 4.93. The Balaban J connectivity index is 2.24. The van der Waals surface area contributed by atoms with Crippen LogP contribution in [-0.4, -0.2) is 29.1 Å². The van der Waals surface area contributed by atoms with Crippen molar-refractivity contribution in [3.63, 3.8) is 0 Å². The number of hydrogen-bond donors (Lipinski definition) is 2. The summed E-state index contributed by atoms with van der Waals surface area (Å²) in [6.45, 7) is 2.94. The molecule has 6 heteroatoms. The molecule has 0 aliphatic rings. The average molecular weight is 325 g/mol. The Morgan fingerprint density at radius 1 is 1.47 bits per heavy atom. The lowest BCUT2D eigenvalue weighted by Crippen LogP contribution is -2.23. The monoisotopic (exact) mass is 324 g/mol. The lowest BCUT2D eigenvalue weighted by Gasteiger charge is -2.17. The number of hydrogen-bond acceptors (Lipinski definition) is 4. The van der Waals surface area contributed by atoms with Crippen molar-refractivity contribution in [2.75, 3.05) is 13.7 Å². The van der Waals surface area contributed by atoms with Gasteiger partial charge in [0.05, 0.1) is 25.0 Å². The minimum atomic E-state index is 0.118. The fraction of sp³-hybridized carbons (Fsp3) is 0.385. The molecule has 2 N–H and O–H groups in total. The number of H-pyrrole nitrogens is 1. The minimum Gasteiger partial charge on any atom is -0.496 e. The summed E-state index contributed by atoms with van der Waals surface area (Å²) in [4.78, 5) is 0. The number of aromatic nitrogens is 3. The molecule has 2 rings (SSSR count). The first-order valence-electron chi connectivity index (χ1n) is 6.16. The summed E-state index contributed by atoms with van der Waals surface area (Å²) in [5.41, 5.74) is 2.04. The number of methoxy groups -OCH3 is 1. The Hall–Kier alpha value is -1.40. The molecule has 0 aliphatic carbocycles. The average Bonchev–Trinajstić information content (AvgIpc) is 2.92. The molecular weight excluding hydrogens is 308 g/mol. The zero-order chi connectivity index (χ0) is 13.7. The highest BCUT2D eigenvalue weighted by Crippen LogP contribution is 2.27. The van der Waals surface area contributed by atoms with Crippen molar-refractivity contribution in [3.05, 3.63) is 40.1 Å². The maximum atomic E-state index is 5.40. The molecule has 0 radical (unpaired) electrons. The maximum absolute atomic E-state index is 5.40. The van der Waals surface area contributed by atoms with Gasteiger partial charge >= 0.3 is 0 Å². The third-order valence-corrected chi connectivity index (χ3v) is 3.40. The molecule has 5 nitrogen and oxygen atoms in total. The second-order valence-corrected chi connectivity index (χ2v) is 5.08. The van der Waals surface area contributed by atoms with Gasteiger partial charge in [-0.25, -0.2) is 0 Å². The molecule has 0 spiro atoms. The van der Waals surface area contributed by atoms with Crippen molar-refractivity contribution >= 4 is 15.9 Å². The minimum absolute atomic E-state index is 0.118. The van der Waals surface area contributed by atoms with Crippen molar-refractivity contribution in [2.45, 2.75) is 19.4 Å². The van der Waals surface area contributed by atoms with Gasteiger partial charge < -0.3 is 10.1 Å². The molecule has 1 aromatic carbocycles. The highest BCUT2D eigenvalue weighted by Gasteiger charge is 2.16. The molecule has 1 aromatic heterocycles. The molecule has 1 atom stereocenters. The third-order valence-electron chi connectivity index (χ3n) is 2.91. The number of benzene rings is 1. The van der Waals surface area contributed by atoms with E-state index in [4.69, 9.17) is 4.74 Å². The normalized spacial score (nSPS) is 12.4. The molecule has 102 valence electrons. The van der Waals surface area contributed by atoms with Crippen molar-refractivity contribution < 1.29 is 4.74 Å². The van der Waals surface area contributed by atoms with E-state index in [0.717, 1.165) is 34.4 Å². The summed E-state index contributed by atoms with van der Waals surface area (Å²) in [6.07, 6.45) is 2.54. The molecule has 0 fully saturated rings. The van der Waals surface area contributed by atoms with Crippen LogP contribution in [-0.2, 0) is 6.42 Å². The summed E-state index contributed by atoms with van der Waals surface area (Å²) in [7, 11) is 1.69. The zero-order valence-corrected chi connectivity index (χ0v) is 12.6. The fourth-order valence-corrected chi connectivity index (χ4v) is 2.44. The number of nitrogens with zero attached hydrogens (tertiary/aromatic N) is 2. The van der Waals surface area contributed by atoms with Gasteiger partial charge in [0.1, 0.15) is 5.75 Å². The van der Waals surface area contributed by atoms with Gasteiger partial charge in [-0.1, -0.05) is 22.9 Å². The quantitative estimate of drug-likeness (QED) is 0.856. The van der Waals surface area contributed by atoms with E-state index in [9.17, 15) is 0 Å². The highest BCUT2D eigenvalue weighted by molar-refractivity contribution is 9.10. The smallest absolute Gasteiger partial charge is 0.122 e. The first-order chi connectivity index (χ1) is 9.24. The summed E-state index contributed by atoms with van der Waals surface area (Å²) in [5, 5.41) is 14.1. The van der Waals surface area contributed by atoms with E-state index in [-0.39, 0.29) is 6.04 Å². The number of aromatic amines is 1. The number of nitrogens with one attached hydrogen (secondary N) is 2. The Morgan fingerprint density at radius 3 is 2.95 bits per heavy atom. The van der Waals surface area contributed by atoms with Crippen LogP contribution in [0, 0.1) is 0 Å². The molecule has 19 heavy (non-hydrogen) atoms. The highest BCUT2D eigenvalue weighted by atomic mass is 79.9. The predicted molar refractivity (Wildman–Crippen MR) is 77.2 cm³/mol. The number of rotatable bonds is 6. The number of likely N-dealkylation sites (N-methyl/N-ethyl adjacent to an activating group) is 1. The lowest BCUT2D eigenvalue weighted by molar-refractivity contribution is 0.405. The molecule has 1 unspecified atom stereocenters. The SMILES string of the molecule is CCNC(Cc1cc(Br)ccc1OC)c1cn[nH]n1. The van der Waals surface area contributed by atoms with E-state index >= 15 is 0 Å². The third kappa shape index (κ3) is 3.54. The van der Waals surface area contributed by atoms with Crippen LogP contribution in [0.1, 0.15) is 24.2 Å². The van der Waals surface area contributed by atoms with Crippen LogP contribution in [0.4, 0.5) is 0 Å². The summed E-state index contributed by atoms with van der Waals surface area (Å²) < 4.78 is 6.44. The van der Waals surface area contributed by atoms with Crippen LogP contribution in [0.3, 0.4) is 0 Å². The van der Waals surface area contributed by atoms with Gasteiger partial charge in [0.2, 0.25) is 0 Å². The standard InChI is InChI=1S/C13H17BrN4O/c1-3-15-11(12-8-16-18-17-12)7-9-6-10(14)4-5-13(9)19-2/h4-6,8,11,15H,3,7H2,1-2H3,(H,16,17,18). The van der Waals surface area contributed by atoms with Crippen LogP contribution in [0.5, 0.6) is 5.75 Å². The molecule has 0 saturated heterocycles. The van der Waals surface area contributed by atoms with E-state index in [1.54, 1.807) is 13.3 Å². The molecule has 0 aliphatic heterocycles. The van der Waals surface area contributed by atoms with Crippen molar-refractivity contribution in [1.29, 1.82) is 0 Å². The molecule has 2 aromatic rings. The zero-order valence-electron chi connectivity index (χ0n) is 11.0. The number of halogens is 1. The Labute approximate surface area is 120 Å². The van der Waals surface area contributed by atoms with Gasteiger partial charge in [-0.15, -0.1) is 0 Å². The molecule has 0 amide bonds. The largest absolute Gasteiger partial charge is 0.496 e. The van der Waals surface area contributed by atoms with Crippen LogP contribution in [0.15, 0.2) is 28.9 Å². The number of ether oxygens (including phenoxy) is 1. The van der Waals surface area contributed by atoms with Crippen molar-refractivity contribution in [1.82, 2.24) is 20.7 Å². The van der Waals surface area contributed by atoms with Gasteiger partial charge in [0.25, 0.3) is 0 Å². The summed E-state index contributed by atoms with van der Waals surface area (Å²) >= 11 is 3.49. The second kappa shape index (κ2) is 6.68. The van der Waals surface area contributed by atoms with E-state index in [0.29, 0.717) is 0 Å². The van der Waals surface area contributed by atoms with Crippen molar-refractivity contribution in [2.24, 2.45) is 0 Å². The predicted octanol–water partition coefficient (Wildman–Crippen LogP) is 2.47. The van der Waals surface area contributed by atoms with Crippen LogP contribution in [0.25, 0.3) is 0 Å². The summed E-state index contributed by atoms with van der Waals surface area (Å²) in [6, 6.07) is 6.13. The second-order valence-electron chi connectivity index (χ2n) is 4.17. The van der Waals surface area contributed by atoms with Gasteiger partial charge in [-0.05, 0) is 36.7 Å². The van der Waals surface area contributed by atoms with Gasteiger partial charge in [0.15, 0.2) is 0 Å². The lowest BCUT2D eigenvalue weighted by atomic mass is 10.0. The first kappa shape index (κ1) is 14.0. The van der Waals surface area contributed by atoms with Gasteiger partial charge in [-0.3, -0.25) is 0 Å². The molecule has 1 heterocycles. The summed E-state index contributed by atoms with van der Waals surface area (Å²) in [5.74, 6) is 0.884. The molecule has 0 saturated carbocycles.